The molecule has 0 fully saturated rings. The fraction of sp³-hybridized carbons (Fsp3) is 0.333. The number of hydrogen-bond acceptors (Lipinski definition) is 2. The van der Waals surface area contributed by atoms with E-state index in [2.05, 4.69) is 29.0 Å². The van der Waals surface area contributed by atoms with Crippen molar-refractivity contribution >= 4 is 34.2 Å². The number of hydrogen-bond donors (Lipinski definition) is 1. The summed E-state index contributed by atoms with van der Waals surface area (Å²) < 4.78 is 0. The second kappa shape index (κ2) is 3.41. The van der Waals surface area contributed by atoms with Gasteiger partial charge in [0.1, 0.15) is 5.15 Å². The van der Waals surface area contributed by atoms with Crippen LogP contribution < -0.4 is 0 Å². The smallest absolute Gasteiger partial charge is 0.182 e. The van der Waals surface area contributed by atoms with Crippen LogP contribution in [0, 0.1) is 0 Å². The third kappa shape index (κ3) is 1.37. The molecule has 0 amide bonds. The highest BCUT2D eigenvalue weighted by Crippen LogP contribution is 2.33. The molecular formula is C9H9Cl2N3. The van der Waals surface area contributed by atoms with Crippen molar-refractivity contribution in [3.8, 4) is 0 Å². The monoisotopic (exact) mass is 229 g/mol. The minimum atomic E-state index is 0.295. The molecule has 0 aliphatic heterocycles. The number of rotatable bonds is 1. The Balaban J connectivity index is 2.87. The number of halogens is 2. The SMILES string of the molecule is CC(C)c1c(Cl)cnc2n[nH]c(Cl)c12. The average Bonchev–Trinajstić information content (AvgIpc) is 2.47. The maximum absolute atomic E-state index is 6.06. The van der Waals surface area contributed by atoms with Crippen molar-refractivity contribution in [3.63, 3.8) is 0 Å². The van der Waals surface area contributed by atoms with Crippen LogP contribution in [0.5, 0.6) is 0 Å². The Bertz CT molecular complexity index is 476. The summed E-state index contributed by atoms with van der Waals surface area (Å²) in [6, 6.07) is 0. The lowest BCUT2D eigenvalue weighted by Gasteiger charge is -2.08. The molecule has 0 radical (unpaired) electrons. The number of pyridine rings is 1. The van der Waals surface area contributed by atoms with Crippen LogP contribution in [0.15, 0.2) is 6.20 Å². The van der Waals surface area contributed by atoms with Crippen LogP contribution in [0.1, 0.15) is 25.3 Å². The van der Waals surface area contributed by atoms with Gasteiger partial charge in [0.25, 0.3) is 0 Å². The van der Waals surface area contributed by atoms with E-state index in [0.29, 0.717) is 21.7 Å². The molecule has 0 saturated heterocycles. The van der Waals surface area contributed by atoms with Gasteiger partial charge in [-0.15, -0.1) is 0 Å². The van der Waals surface area contributed by atoms with Crippen molar-refractivity contribution in [1.82, 2.24) is 15.2 Å². The zero-order valence-corrected chi connectivity index (χ0v) is 9.32. The standard InChI is InChI=1S/C9H9Cl2N3/c1-4(2)6-5(10)3-12-9-7(6)8(11)13-14-9/h3-4H,1-2H3,(H,12,13,14). The summed E-state index contributed by atoms with van der Waals surface area (Å²) in [6.45, 7) is 4.12. The maximum Gasteiger partial charge on any atom is 0.182 e. The lowest BCUT2D eigenvalue weighted by atomic mass is 10.0. The average molecular weight is 230 g/mol. The molecule has 1 N–H and O–H groups in total. The molecule has 0 spiro atoms. The molecule has 2 heterocycles. The first kappa shape index (κ1) is 9.74. The molecule has 0 aliphatic carbocycles. The van der Waals surface area contributed by atoms with Crippen LogP contribution in [-0.2, 0) is 0 Å². The zero-order valence-electron chi connectivity index (χ0n) is 7.81. The number of aromatic amines is 1. The van der Waals surface area contributed by atoms with Gasteiger partial charge in [-0.05, 0) is 11.5 Å². The zero-order chi connectivity index (χ0) is 10.3. The van der Waals surface area contributed by atoms with Gasteiger partial charge >= 0.3 is 0 Å². The maximum atomic E-state index is 6.06. The largest absolute Gasteiger partial charge is 0.264 e. The molecular weight excluding hydrogens is 221 g/mol. The van der Waals surface area contributed by atoms with Gasteiger partial charge < -0.3 is 0 Å². The predicted molar refractivity (Wildman–Crippen MR) is 58.0 cm³/mol. The molecule has 0 unspecified atom stereocenters. The molecule has 0 aliphatic rings. The second-order valence-corrected chi connectivity index (χ2v) is 4.20. The summed E-state index contributed by atoms with van der Waals surface area (Å²) in [5, 5.41) is 8.63. The van der Waals surface area contributed by atoms with E-state index in [1.807, 2.05) is 0 Å². The number of H-pyrrole nitrogens is 1. The van der Waals surface area contributed by atoms with Crippen LogP contribution in [-0.4, -0.2) is 15.2 Å². The van der Waals surface area contributed by atoms with E-state index in [-0.39, 0.29) is 0 Å². The van der Waals surface area contributed by atoms with Crippen molar-refractivity contribution in [2.45, 2.75) is 19.8 Å². The molecule has 74 valence electrons. The Morgan fingerprint density at radius 3 is 2.71 bits per heavy atom. The summed E-state index contributed by atoms with van der Waals surface area (Å²) in [6.07, 6.45) is 1.61. The van der Waals surface area contributed by atoms with Crippen LogP contribution in [0.4, 0.5) is 0 Å². The van der Waals surface area contributed by atoms with Crippen LogP contribution in [0.25, 0.3) is 11.0 Å². The summed E-state index contributed by atoms with van der Waals surface area (Å²) in [5.41, 5.74) is 1.61. The molecule has 0 atom stereocenters. The van der Waals surface area contributed by atoms with Crippen molar-refractivity contribution in [2.24, 2.45) is 0 Å². The first-order valence-electron chi connectivity index (χ1n) is 4.29. The van der Waals surface area contributed by atoms with Gasteiger partial charge in [-0.1, -0.05) is 37.0 Å². The topological polar surface area (TPSA) is 41.6 Å². The van der Waals surface area contributed by atoms with Crippen molar-refractivity contribution in [2.75, 3.05) is 0 Å². The highest BCUT2D eigenvalue weighted by atomic mass is 35.5. The highest BCUT2D eigenvalue weighted by molar-refractivity contribution is 6.36. The predicted octanol–water partition coefficient (Wildman–Crippen LogP) is 3.39. The molecule has 2 aromatic rings. The van der Waals surface area contributed by atoms with E-state index in [0.717, 1.165) is 10.9 Å². The summed E-state index contributed by atoms with van der Waals surface area (Å²) >= 11 is 12.0. The van der Waals surface area contributed by atoms with Crippen molar-refractivity contribution < 1.29 is 0 Å². The van der Waals surface area contributed by atoms with E-state index < -0.39 is 0 Å². The quantitative estimate of drug-likeness (QED) is 0.815. The molecule has 2 rings (SSSR count). The summed E-state index contributed by atoms with van der Waals surface area (Å²) in [7, 11) is 0. The number of aromatic nitrogens is 3. The van der Waals surface area contributed by atoms with E-state index in [1.54, 1.807) is 6.20 Å². The second-order valence-electron chi connectivity index (χ2n) is 3.41. The third-order valence-corrected chi connectivity index (χ3v) is 2.68. The van der Waals surface area contributed by atoms with Gasteiger partial charge in [0.15, 0.2) is 5.65 Å². The third-order valence-electron chi connectivity index (χ3n) is 2.11. The fourth-order valence-corrected chi connectivity index (χ4v) is 2.11. The van der Waals surface area contributed by atoms with E-state index in [1.165, 1.54) is 0 Å². The molecule has 3 nitrogen and oxygen atoms in total. The van der Waals surface area contributed by atoms with E-state index >= 15 is 0 Å². The van der Waals surface area contributed by atoms with Gasteiger partial charge in [-0.3, -0.25) is 5.10 Å². The Morgan fingerprint density at radius 1 is 1.36 bits per heavy atom. The number of fused-ring (bicyclic) bond motifs is 1. The molecule has 0 saturated carbocycles. The first-order valence-corrected chi connectivity index (χ1v) is 5.04. The van der Waals surface area contributed by atoms with Gasteiger partial charge in [0.05, 0.1) is 10.4 Å². The van der Waals surface area contributed by atoms with Gasteiger partial charge in [-0.2, -0.15) is 5.10 Å². The molecule has 0 aromatic carbocycles. The molecule has 0 bridgehead atoms. The van der Waals surface area contributed by atoms with Crippen molar-refractivity contribution in [3.05, 3.63) is 21.9 Å². The fourth-order valence-electron chi connectivity index (χ4n) is 1.52. The summed E-state index contributed by atoms with van der Waals surface area (Å²) in [5.74, 6) is 0.295. The molecule has 5 heteroatoms. The Morgan fingerprint density at radius 2 is 2.07 bits per heavy atom. The van der Waals surface area contributed by atoms with Crippen LogP contribution in [0.3, 0.4) is 0 Å². The van der Waals surface area contributed by atoms with Gasteiger partial charge in [0, 0.05) is 6.20 Å². The van der Waals surface area contributed by atoms with Crippen LogP contribution >= 0.6 is 23.2 Å². The van der Waals surface area contributed by atoms with E-state index in [9.17, 15) is 0 Å². The minimum Gasteiger partial charge on any atom is -0.264 e. The molecule has 14 heavy (non-hydrogen) atoms. The first-order chi connectivity index (χ1) is 6.61. The number of nitrogens with one attached hydrogen (secondary N) is 1. The Kier molecular flexibility index (Phi) is 2.37. The Labute approximate surface area is 91.4 Å². The molecule has 2 aromatic heterocycles. The van der Waals surface area contributed by atoms with Crippen molar-refractivity contribution in [1.29, 1.82) is 0 Å². The van der Waals surface area contributed by atoms with Gasteiger partial charge in [-0.25, -0.2) is 4.98 Å². The summed E-state index contributed by atoms with van der Waals surface area (Å²) in [4.78, 5) is 4.09. The number of nitrogens with zero attached hydrogens (tertiary/aromatic N) is 2. The normalized spacial score (nSPS) is 11.5. The minimum absolute atomic E-state index is 0.295. The van der Waals surface area contributed by atoms with E-state index in [4.69, 9.17) is 23.2 Å². The van der Waals surface area contributed by atoms with Gasteiger partial charge in [0.2, 0.25) is 0 Å². The Hall–Kier alpha value is -0.800. The lowest BCUT2D eigenvalue weighted by Crippen LogP contribution is -1.92. The van der Waals surface area contributed by atoms with Crippen LogP contribution in [0.2, 0.25) is 10.2 Å². The lowest BCUT2D eigenvalue weighted by molar-refractivity contribution is 0.874. The highest BCUT2D eigenvalue weighted by Gasteiger charge is 2.15.